The topological polar surface area (TPSA) is 52.9 Å². The van der Waals surface area contributed by atoms with E-state index in [2.05, 4.69) is 4.99 Å². The van der Waals surface area contributed by atoms with E-state index in [9.17, 15) is 14.3 Å². The molecule has 23 heavy (non-hydrogen) atoms. The molecule has 116 valence electrons. The number of hydrogen-bond donors (Lipinski definition) is 1. The molecule has 2 heterocycles. The summed E-state index contributed by atoms with van der Waals surface area (Å²) in [5.41, 5.74) is 1.98. The van der Waals surface area contributed by atoms with Crippen LogP contribution in [0.5, 0.6) is 0 Å². The van der Waals surface area contributed by atoms with Crippen molar-refractivity contribution in [1.82, 2.24) is 0 Å². The van der Waals surface area contributed by atoms with Crippen molar-refractivity contribution in [3.8, 4) is 0 Å². The van der Waals surface area contributed by atoms with E-state index < -0.39 is 18.0 Å². The molecule has 0 saturated heterocycles. The fraction of sp³-hybridized carbons (Fsp3) is 0.176. The number of rotatable bonds is 1. The Morgan fingerprint density at radius 3 is 2.78 bits per heavy atom. The average Bonchev–Trinajstić information content (AvgIpc) is 2.68. The summed E-state index contributed by atoms with van der Waals surface area (Å²) < 4.78 is 14.3. The van der Waals surface area contributed by atoms with E-state index in [0.717, 1.165) is 10.6 Å². The predicted octanol–water partition coefficient (Wildman–Crippen LogP) is 2.43. The number of anilines is 1. The lowest BCUT2D eigenvalue weighted by Gasteiger charge is -2.30. The molecule has 2 aliphatic rings. The molecule has 2 aliphatic heterocycles. The molecule has 0 radical (unpaired) electrons. The number of aliphatic hydroxyl groups is 1. The molecule has 1 amide bonds. The molecule has 0 fully saturated rings. The van der Waals surface area contributed by atoms with Crippen molar-refractivity contribution in [2.24, 2.45) is 4.99 Å². The lowest BCUT2D eigenvalue weighted by Crippen LogP contribution is -2.40. The number of amides is 1. The molecule has 1 atom stereocenters. The number of aliphatic imine (C=N–C) groups is 1. The van der Waals surface area contributed by atoms with Crippen molar-refractivity contribution in [3.05, 3.63) is 59.4 Å². The molecule has 1 unspecified atom stereocenters. The third-order valence-electron chi connectivity index (χ3n) is 3.96. The van der Waals surface area contributed by atoms with Gasteiger partial charge in [0.2, 0.25) is 6.23 Å². The number of hydrogen-bond acceptors (Lipinski definition) is 4. The Morgan fingerprint density at radius 1 is 1.17 bits per heavy atom. The highest BCUT2D eigenvalue weighted by Crippen LogP contribution is 2.40. The maximum absolute atomic E-state index is 14.3. The van der Waals surface area contributed by atoms with Crippen LogP contribution in [-0.4, -0.2) is 35.3 Å². The highest BCUT2D eigenvalue weighted by Gasteiger charge is 2.34. The molecular weight excluding hydrogens is 315 g/mol. The van der Waals surface area contributed by atoms with Gasteiger partial charge in [-0.05, 0) is 18.2 Å². The second-order valence-electron chi connectivity index (χ2n) is 5.32. The molecule has 2 aromatic rings. The summed E-state index contributed by atoms with van der Waals surface area (Å²) in [6.07, 6.45) is -1.52. The highest BCUT2D eigenvalue weighted by molar-refractivity contribution is 7.99. The van der Waals surface area contributed by atoms with Gasteiger partial charge in [-0.1, -0.05) is 24.3 Å². The summed E-state index contributed by atoms with van der Waals surface area (Å²) in [5, 5.41) is 10.2. The summed E-state index contributed by atoms with van der Waals surface area (Å²) >= 11 is 1.65. The largest absolute Gasteiger partial charge is 0.364 e. The number of benzene rings is 2. The zero-order valence-corrected chi connectivity index (χ0v) is 12.9. The van der Waals surface area contributed by atoms with E-state index in [1.165, 1.54) is 6.07 Å². The molecule has 4 nitrogen and oxygen atoms in total. The standard InChI is InChI=1S/C17H13FN2O2S/c18-12-6-2-1-4-10(12)14-11-5-3-7-13-15(11)20(8-9-23-13)17(22)16(21)19-14/h1-7,16,21H,8-9H2. The molecule has 0 aliphatic carbocycles. The zero-order valence-electron chi connectivity index (χ0n) is 12.1. The van der Waals surface area contributed by atoms with Gasteiger partial charge in [0.1, 0.15) is 5.82 Å². The monoisotopic (exact) mass is 328 g/mol. The maximum atomic E-state index is 14.3. The molecule has 1 N–H and O–H groups in total. The molecule has 0 spiro atoms. The van der Waals surface area contributed by atoms with Crippen molar-refractivity contribution in [1.29, 1.82) is 0 Å². The Morgan fingerprint density at radius 2 is 1.96 bits per heavy atom. The number of nitrogens with zero attached hydrogens (tertiary/aromatic N) is 2. The van der Waals surface area contributed by atoms with E-state index in [0.29, 0.717) is 23.5 Å². The van der Waals surface area contributed by atoms with Crippen molar-refractivity contribution in [3.63, 3.8) is 0 Å². The molecule has 4 rings (SSSR count). The van der Waals surface area contributed by atoms with Crippen LogP contribution in [0.4, 0.5) is 10.1 Å². The Hall–Kier alpha value is -2.18. The van der Waals surface area contributed by atoms with Crippen molar-refractivity contribution in [2.45, 2.75) is 11.1 Å². The quantitative estimate of drug-likeness (QED) is 0.875. The molecule has 0 saturated carbocycles. The zero-order chi connectivity index (χ0) is 16.0. The lowest BCUT2D eigenvalue weighted by atomic mass is 9.99. The number of carbonyl (C=O) groups excluding carboxylic acids is 1. The van der Waals surface area contributed by atoms with E-state index in [-0.39, 0.29) is 5.56 Å². The Bertz CT molecular complexity index is 837. The Labute approximate surface area is 136 Å². The first-order valence-electron chi connectivity index (χ1n) is 7.25. The van der Waals surface area contributed by atoms with Gasteiger partial charge in [-0.25, -0.2) is 9.38 Å². The van der Waals surface area contributed by atoms with Gasteiger partial charge in [0, 0.05) is 28.3 Å². The van der Waals surface area contributed by atoms with E-state index in [4.69, 9.17) is 0 Å². The highest BCUT2D eigenvalue weighted by atomic mass is 32.2. The minimum Gasteiger partial charge on any atom is -0.364 e. The number of halogens is 1. The van der Waals surface area contributed by atoms with Gasteiger partial charge < -0.3 is 10.0 Å². The Balaban J connectivity index is 2.01. The second kappa shape index (κ2) is 5.47. The molecule has 6 heteroatoms. The van der Waals surface area contributed by atoms with Crippen LogP contribution in [0.1, 0.15) is 11.1 Å². The number of para-hydroxylation sites is 1. The average molecular weight is 328 g/mol. The summed E-state index contributed by atoms with van der Waals surface area (Å²) in [4.78, 5) is 19.1. The second-order valence-corrected chi connectivity index (χ2v) is 6.46. The SMILES string of the molecule is O=C1C(O)N=C(c2ccccc2F)c2cccc3c2N1CCS3. The van der Waals surface area contributed by atoms with Gasteiger partial charge in [0.05, 0.1) is 11.4 Å². The minimum absolute atomic E-state index is 0.283. The fourth-order valence-corrected chi connectivity index (χ4v) is 3.97. The molecule has 0 bridgehead atoms. The van der Waals surface area contributed by atoms with Crippen LogP contribution >= 0.6 is 11.8 Å². The van der Waals surface area contributed by atoms with E-state index >= 15 is 0 Å². The number of carbonyl (C=O) groups is 1. The first-order chi connectivity index (χ1) is 11.2. The van der Waals surface area contributed by atoms with Crippen molar-refractivity contribution < 1.29 is 14.3 Å². The van der Waals surface area contributed by atoms with Gasteiger partial charge in [-0.15, -0.1) is 11.8 Å². The molecular formula is C17H13FN2O2S. The fourth-order valence-electron chi connectivity index (χ4n) is 2.94. The summed E-state index contributed by atoms with van der Waals surface area (Å²) in [6, 6.07) is 11.9. The number of thioether (sulfide) groups is 1. The third-order valence-corrected chi connectivity index (χ3v) is 4.99. The minimum atomic E-state index is -1.52. The van der Waals surface area contributed by atoms with Crippen molar-refractivity contribution >= 4 is 29.1 Å². The number of aliphatic hydroxyl groups excluding tert-OH is 1. The van der Waals surface area contributed by atoms with Gasteiger partial charge in [0.15, 0.2) is 0 Å². The van der Waals surface area contributed by atoms with Crippen LogP contribution in [0.3, 0.4) is 0 Å². The summed E-state index contributed by atoms with van der Waals surface area (Å²) in [6.45, 7) is 0.505. The third kappa shape index (κ3) is 2.26. The first kappa shape index (κ1) is 14.4. The van der Waals surface area contributed by atoms with E-state index in [1.54, 1.807) is 34.9 Å². The van der Waals surface area contributed by atoms with Gasteiger partial charge >= 0.3 is 0 Å². The molecule has 2 aromatic carbocycles. The van der Waals surface area contributed by atoms with E-state index in [1.807, 2.05) is 18.2 Å². The normalized spacial score (nSPS) is 19.9. The van der Waals surface area contributed by atoms with Gasteiger partial charge in [-0.2, -0.15) is 0 Å². The molecule has 0 aromatic heterocycles. The van der Waals surface area contributed by atoms with Crippen LogP contribution < -0.4 is 4.90 Å². The maximum Gasteiger partial charge on any atom is 0.278 e. The smallest absolute Gasteiger partial charge is 0.278 e. The van der Waals surface area contributed by atoms with Crippen LogP contribution in [-0.2, 0) is 4.79 Å². The van der Waals surface area contributed by atoms with Gasteiger partial charge in [0.25, 0.3) is 5.91 Å². The van der Waals surface area contributed by atoms with Crippen molar-refractivity contribution in [2.75, 3.05) is 17.2 Å². The first-order valence-corrected chi connectivity index (χ1v) is 8.23. The summed E-state index contributed by atoms with van der Waals surface area (Å²) in [5.74, 6) is -0.144. The lowest BCUT2D eigenvalue weighted by molar-refractivity contribution is -0.126. The summed E-state index contributed by atoms with van der Waals surface area (Å²) in [7, 11) is 0. The van der Waals surface area contributed by atoms with Crippen LogP contribution in [0, 0.1) is 5.82 Å². The van der Waals surface area contributed by atoms with Crippen LogP contribution in [0.15, 0.2) is 52.4 Å². The van der Waals surface area contributed by atoms with Crippen LogP contribution in [0.2, 0.25) is 0 Å². The van der Waals surface area contributed by atoms with Crippen LogP contribution in [0.25, 0.3) is 0 Å². The Kier molecular flexibility index (Phi) is 3.43. The van der Waals surface area contributed by atoms with Gasteiger partial charge in [-0.3, -0.25) is 4.79 Å². The predicted molar refractivity (Wildman–Crippen MR) is 87.6 cm³/mol.